The molecule has 0 spiro atoms. The van der Waals surface area contributed by atoms with Gasteiger partial charge < -0.3 is 14.6 Å². The van der Waals surface area contributed by atoms with Crippen LogP contribution in [0.3, 0.4) is 0 Å². The van der Waals surface area contributed by atoms with E-state index in [-0.39, 0.29) is 11.9 Å². The van der Waals surface area contributed by atoms with E-state index in [0.717, 1.165) is 18.5 Å². The Balaban J connectivity index is 1.87. The summed E-state index contributed by atoms with van der Waals surface area (Å²) in [5.74, 6) is 5.77. The number of carbonyl (C=O) groups excluding carboxylic acids is 1. The molecule has 1 aromatic carbocycles. The Hall–Kier alpha value is -2.51. The van der Waals surface area contributed by atoms with E-state index < -0.39 is 5.60 Å². The summed E-state index contributed by atoms with van der Waals surface area (Å²) >= 11 is 0. The molecule has 1 atom stereocenters. The lowest BCUT2D eigenvalue weighted by molar-refractivity contribution is 0.0618. The summed E-state index contributed by atoms with van der Waals surface area (Å²) in [7, 11) is 0. The van der Waals surface area contributed by atoms with Gasteiger partial charge in [-0.1, -0.05) is 24.8 Å². The molecular weight excluding hydrogens is 312 g/mol. The molecule has 4 nitrogen and oxygen atoms in total. The average molecular weight is 336 g/mol. The zero-order valence-corrected chi connectivity index (χ0v) is 15.0. The Bertz CT molecular complexity index is 833. The third kappa shape index (κ3) is 3.78. The number of amides is 1. The van der Waals surface area contributed by atoms with E-state index in [1.807, 2.05) is 29.2 Å². The van der Waals surface area contributed by atoms with Gasteiger partial charge in [0.05, 0.1) is 6.04 Å². The zero-order chi connectivity index (χ0) is 18.0. The fourth-order valence-electron chi connectivity index (χ4n) is 3.26. The number of carbonyl (C=O) groups is 1. The first-order chi connectivity index (χ1) is 11.9. The van der Waals surface area contributed by atoms with Crippen molar-refractivity contribution in [3.63, 3.8) is 0 Å². The van der Waals surface area contributed by atoms with E-state index in [2.05, 4.69) is 35.6 Å². The molecule has 0 bridgehead atoms. The summed E-state index contributed by atoms with van der Waals surface area (Å²) in [6.45, 7) is 6.92. The maximum Gasteiger partial charge on any atom is 0.254 e. The zero-order valence-electron chi connectivity index (χ0n) is 15.0. The van der Waals surface area contributed by atoms with Gasteiger partial charge in [0.1, 0.15) is 5.60 Å². The van der Waals surface area contributed by atoms with Crippen LogP contribution in [0.1, 0.15) is 54.8 Å². The number of fused-ring (bicyclic) bond motifs is 1. The molecule has 2 aromatic rings. The summed E-state index contributed by atoms with van der Waals surface area (Å²) in [6.07, 6.45) is 2.96. The third-order valence-corrected chi connectivity index (χ3v) is 4.43. The molecule has 0 saturated heterocycles. The van der Waals surface area contributed by atoms with Crippen LogP contribution in [0.4, 0.5) is 0 Å². The molecule has 1 aliphatic rings. The molecule has 130 valence electrons. The quantitative estimate of drug-likeness (QED) is 0.856. The van der Waals surface area contributed by atoms with Crippen LogP contribution >= 0.6 is 0 Å². The lowest BCUT2D eigenvalue weighted by atomic mass is 10.0. The number of aliphatic hydroxyl groups is 1. The second-order valence-corrected chi connectivity index (χ2v) is 6.94. The van der Waals surface area contributed by atoms with E-state index in [9.17, 15) is 9.90 Å². The van der Waals surface area contributed by atoms with Crippen LogP contribution in [0.15, 0.2) is 42.6 Å². The van der Waals surface area contributed by atoms with Gasteiger partial charge in [-0.15, -0.1) is 0 Å². The molecule has 0 fully saturated rings. The SMILES string of the molecule is CC[C@H]1c2cccn2CCN1C(=O)c1cccc(C#CC(C)(C)O)c1. The van der Waals surface area contributed by atoms with Gasteiger partial charge in [0.25, 0.3) is 5.91 Å². The fourth-order valence-corrected chi connectivity index (χ4v) is 3.26. The number of nitrogens with zero attached hydrogens (tertiary/aromatic N) is 2. The van der Waals surface area contributed by atoms with Crippen molar-refractivity contribution in [3.8, 4) is 11.8 Å². The lowest BCUT2D eigenvalue weighted by Gasteiger charge is -2.36. The molecule has 1 aromatic heterocycles. The highest BCUT2D eigenvalue weighted by Gasteiger charge is 2.30. The predicted octanol–water partition coefficient (Wildman–Crippen LogP) is 3.22. The number of benzene rings is 1. The number of hydrogen-bond acceptors (Lipinski definition) is 2. The standard InChI is InChI=1S/C21H24N2O2/c1-4-18-19-9-6-12-22(19)13-14-23(18)20(24)17-8-5-7-16(15-17)10-11-21(2,3)25/h5-9,12,15,18,25H,4,13-14H2,1-3H3/t18-/m0/s1. The van der Waals surface area contributed by atoms with Crippen LogP contribution in [0.25, 0.3) is 0 Å². The van der Waals surface area contributed by atoms with Gasteiger partial charge in [0, 0.05) is 36.1 Å². The second kappa shape index (κ2) is 6.78. The first kappa shape index (κ1) is 17.3. The maximum atomic E-state index is 13.1. The maximum absolute atomic E-state index is 13.1. The first-order valence-electron chi connectivity index (χ1n) is 8.70. The molecular formula is C21H24N2O2. The summed E-state index contributed by atoms with van der Waals surface area (Å²) in [4.78, 5) is 15.0. The van der Waals surface area contributed by atoms with Crippen molar-refractivity contribution in [3.05, 3.63) is 59.4 Å². The smallest absolute Gasteiger partial charge is 0.254 e. The minimum atomic E-state index is -1.05. The normalized spacial score (nSPS) is 16.8. The van der Waals surface area contributed by atoms with Crippen LogP contribution in [-0.4, -0.2) is 32.6 Å². The van der Waals surface area contributed by atoms with Gasteiger partial charge in [0.2, 0.25) is 0 Å². The van der Waals surface area contributed by atoms with Crippen molar-refractivity contribution in [2.75, 3.05) is 6.54 Å². The summed E-state index contributed by atoms with van der Waals surface area (Å²) in [5, 5.41) is 9.75. The molecule has 2 heterocycles. The van der Waals surface area contributed by atoms with Gasteiger partial charge in [0.15, 0.2) is 0 Å². The van der Waals surface area contributed by atoms with Crippen LogP contribution in [-0.2, 0) is 6.54 Å². The Morgan fingerprint density at radius 2 is 2.08 bits per heavy atom. The lowest BCUT2D eigenvalue weighted by Crippen LogP contribution is -2.41. The van der Waals surface area contributed by atoms with Crippen molar-refractivity contribution < 1.29 is 9.90 Å². The van der Waals surface area contributed by atoms with Crippen LogP contribution in [0, 0.1) is 11.8 Å². The van der Waals surface area contributed by atoms with Crippen LogP contribution < -0.4 is 0 Å². The van der Waals surface area contributed by atoms with Gasteiger partial charge in [-0.3, -0.25) is 4.79 Å². The number of aromatic nitrogens is 1. The van der Waals surface area contributed by atoms with Crippen molar-refractivity contribution in [2.45, 2.75) is 45.4 Å². The molecule has 0 saturated carbocycles. The highest BCUT2D eigenvalue weighted by molar-refractivity contribution is 5.95. The topological polar surface area (TPSA) is 45.5 Å². The van der Waals surface area contributed by atoms with Crippen molar-refractivity contribution in [1.29, 1.82) is 0 Å². The van der Waals surface area contributed by atoms with E-state index in [1.165, 1.54) is 5.69 Å². The largest absolute Gasteiger partial charge is 0.378 e. The molecule has 25 heavy (non-hydrogen) atoms. The van der Waals surface area contributed by atoms with Crippen molar-refractivity contribution in [2.24, 2.45) is 0 Å². The number of rotatable bonds is 2. The molecule has 0 radical (unpaired) electrons. The summed E-state index contributed by atoms with van der Waals surface area (Å²) in [5.41, 5.74) is 1.52. The average Bonchev–Trinajstić information content (AvgIpc) is 3.07. The second-order valence-electron chi connectivity index (χ2n) is 6.94. The molecule has 1 N–H and O–H groups in total. The minimum Gasteiger partial charge on any atom is -0.378 e. The summed E-state index contributed by atoms with van der Waals surface area (Å²) < 4.78 is 2.23. The van der Waals surface area contributed by atoms with Gasteiger partial charge >= 0.3 is 0 Å². The predicted molar refractivity (Wildman–Crippen MR) is 98.1 cm³/mol. The molecule has 4 heteroatoms. The highest BCUT2D eigenvalue weighted by atomic mass is 16.3. The minimum absolute atomic E-state index is 0.0335. The van der Waals surface area contributed by atoms with E-state index in [0.29, 0.717) is 12.1 Å². The Labute approximate surface area is 149 Å². The summed E-state index contributed by atoms with van der Waals surface area (Å²) in [6, 6.07) is 11.6. The van der Waals surface area contributed by atoms with Gasteiger partial charge in [-0.25, -0.2) is 0 Å². The molecule has 3 rings (SSSR count). The Kier molecular flexibility index (Phi) is 4.69. The number of hydrogen-bond donors (Lipinski definition) is 1. The van der Waals surface area contributed by atoms with Crippen LogP contribution in [0.5, 0.6) is 0 Å². The molecule has 1 aliphatic heterocycles. The fraction of sp³-hybridized carbons (Fsp3) is 0.381. The van der Waals surface area contributed by atoms with Crippen molar-refractivity contribution >= 4 is 5.91 Å². The Morgan fingerprint density at radius 3 is 2.80 bits per heavy atom. The van der Waals surface area contributed by atoms with Gasteiger partial charge in [-0.05, 0) is 50.6 Å². The van der Waals surface area contributed by atoms with E-state index in [4.69, 9.17) is 0 Å². The van der Waals surface area contributed by atoms with Crippen molar-refractivity contribution in [1.82, 2.24) is 9.47 Å². The molecule has 1 amide bonds. The molecule has 0 aliphatic carbocycles. The van der Waals surface area contributed by atoms with E-state index in [1.54, 1.807) is 19.9 Å². The van der Waals surface area contributed by atoms with E-state index >= 15 is 0 Å². The molecule has 0 unspecified atom stereocenters. The Morgan fingerprint density at radius 1 is 1.28 bits per heavy atom. The highest BCUT2D eigenvalue weighted by Crippen LogP contribution is 2.30. The first-order valence-corrected chi connectivity index (χ1v) is 8.70. The van der Waals surface area contributed by atoms with Crippen LogP contribution in [0.2, 0.25) is 0 Å². The van der Waals surface area contributed by atoms with Gasteiger partial charge in [-0.2, -0.15) is 0 Å². The monoisotopic (exact) mass is 336 g/mol. The third-order valence-electron chi connectivity index (χ3n) is 4.43.